The Bertz CT molecular complexity index is 1010. The molecule has 0 atom stereocenters. The van der Waals surface area contributed by atoms with Crippen LogP contribution in [-0.2, 0) is 0 Å². The highest BCUT2D eigenvalue weighted by Gasteiger charge is 2.27. The lowest BCUT2D eigenvalue weighted by molar-refractivity contribution is 0.102. The van der Waals surface area contributed by atoms with Gasteiger partial charge in [-0.25, -0.2) is 9.97 Å². The molecule has 1 saturated heterocycles. The molecular weight excluding hydrogens is 386 g/mol. The molecule has 1 aromatic carbocycles. The van der Waals surface area contributed by atoms with E-state index in [4.69, 9.17) is 11.6 Å². The Morgan fingerprint density at radius 1 is 1.07 bits per heavy atom. The molecule has 0 radical (unpaired) electrons. The Hall–Kier alpha value is -2.99. The lowest BCUT2D eigenvalue weighted by Crippen LogP contribution is -2.39. The summed E-state index contributed by atoms with van der Waals surface area (Å²) in [5.41, 5.74) is 3.48. The van der Waals surface area contributed by atoms with Gasteiger partial charge in [-0.3, -0.25) is 9.78 Å². The van der Waals surface area contributed by atoms with Crippen LogP contribution in [0.3, 0.4) is 0 Å². The number of aromatic nitrogens is 3. The Morgan fingerprint density at radius 2 is 1.83 bits per heavy atom. The maximum atomic E-state index is 13.3. The number of carbonyl (C=O) groups excluding carboxylic acids is 1. The highest BCUT2D eigenvalue weighted by Crippen LogP contribution is 2.31. The fourth-order valence-electron chi connectivity index (χ4n) is 3.19. The summed E-state index contributed by atoms with van der Waals surface area (Å²) in [6.07, 6.45) is 4.28. The highest BCUT2D eigenvalue weighted by molar-refractivity contribution is 6.30. The van der Waals surface area contributed by atoms with Crippen LogP contribution in [0.25, 0.3) is 11.3 Å². The Labute approximate surface area is 175 Å². The SMILES string of the molecule is CC(C)c1ccc(NC(=O)c2c(-c3ccc(Cl)cc3)ncnc2N2CCC2)cn1. The van der Waals surface area contributed by atoms with Gasteiger partial charge in [0.1, 0.15) is 17.7 Å². The van der Waals surface area contributed by atoms with Crippen LogP contribution in [0.5, 0.6) is 0 Å². The van der Waals surface area contributed by atoms with Gasteiger partial charge in [0.25, 0.3) is 5.91 Å². The third kappa shape index (κ3) is 4.07. The molecule has 1 amide bonds. The lowest BCUT2D eigenvalue weighted by atomic mass is 10.0. The smallest absolute Gasteiger partial charge is 0.261 e. The van der Waals surface area contributed by atoms with Crippen molar-refractivity contribution in [3.63, 3.8) is 0 Å². The molecule has 0 bridgehead atoms. The zero-order valence-corrected chi connectivity index (χ0v) is 17.1. The molecule has 4 rings (SSSR count). The van der Waals surface area contributed by atoms with Gasteiger partial charge in [0, 0.05) is 29.4 Å². The molecule has 0 aliphatic carbocycles. The zero-order valence-electron chi connectivity index (χ0n) is 16.4. The molecule has 0 unspecified atom stereocenters. The summed E-state index contributed by atoms with van der Waals surface area (Å²) in [5.74, 6) is 0.730. The van der Waals surface area contributed by atoms with Gasteiger partial charge in [-0.2, -0.15) is 0 Å². The van der Waals surface area contributed by atoms with Gasteiger partial charge in [0.05, 0.1) is 17.6 Å². The highest BCUT2D eigenvalue weighted by atomic mass is 35.5. The second-order valence-corrected chi connectivity index (χ2v) is 7.79. The van der Waals surface area contributed by atoms with Crippen molar-refractivity contribution in [2.45, 2.75) is 26.2 Å². The molecular formula is C22H22ClN5O. The summed E-state index contributed by atoms with van der Waals surface area (Å²) in [4.78, 5) is 28.6. The first-order valence-corrected chi connectivity index (χ1v) is 10.0. The predicted molar refractivity (Wildman–Crippen MR) is 116 cm³/mol. The lowest BCUT2D eigenvalue weighted by Gasteiger charge is -2.33. The molecule has 7 heteroatoms. The first kappa shape index (κ1) is 19.3. The molecule has 1 N–H and O–H groups in total. The van der Waals surface area contributed by atoms with Crippen LogP contribution in [-0.4, -0.2) is 33.9 Å². The molecule has 1 fully saturated rings. The van der Waals surface area contributed by atoms with E-state index >= 15 is 0 Å². The third-order valence-corrected chi connectivity index (χ3v) is 5.22. The van der Waals surface area contributed by atoms with Crippen LogP contribution < -0.4 is 10.2 Å². The molecule has 3 aromatic rings. The van der Waals surface area contributed by atoms with Crippen molar-refractivity contribution < 1.29 is 4.79 Å². The maximum Gasteiger partial charge on any atom is 0.261 e. The van der Waals surface area contributed by atoms with Crippen LogP contribution in [0.2, 0.25) is 5.02 Å². The number of halogens is 1. The molecule has 0 spiro atoms. The number of pyridine rings is 1. The molecule has 0 saturated carbocycles. The van der Waals surface area contributed by atoms with Crippen LogP contribution in [0.4, 0.5) is 11.5 Å². The number of amides is 1. The largest absolute Gasteiger partial charge is 0.356 e. The van der Waals surface area contributed by atoms with Crippen molar-refractivity contribution >= 4 is 29.0 Å². The van der Waals surface area contributed by atoms with E-state index in [0.29, 0.717) is 33.7 Å². The van der Waals surface area contributed by atoms with E-state index in [1.54, 1.807) is 18.3 Å². The molecule has 6 nitrogen and oxygen atoms in total. The number of anilines is 2. The average molecular weight is 408 g/mol. The summed E-state index contributed by atoms with van der Waals surface area (Å²) in [6, 6.07) is 11.1. The molecule has 2 aromatic heterocycles. The van der Waals surface area contributed by atoms with Crippen LogP contribution in [0, 0.1) is 0 Å². The summed E-state index contributed by atoms with van der Waals surface area (Å²) in [7, 11) is 0. The van der Waals surface area contributed by atoms with Gasteiger partial charge in [-0.05, 0) is 36.6 Å². The van der Waals surface area contributed by atoms with Crippen molar-refractivity contribution in [3.05, 3.63) is 65.2 Å². The van der Waals surface area contributed by atoms with E-state index in [0.717, 1.165) is 30.8 Å². The van der Waals surface area contributed by atoms with Crippen molar-refractivity contribution in [1.29, 1.82) is 0 Å². The normalized spacial score (nSPS) is 13.3. The van der Waals surface area contributed by atoms with Crippen molar-refractivity contribution in [2.75, 3.05) is 23.3 Å². The van der Waals surface area contributed by atoms with Crippen molar-refractivity contribution in [2.24, 2.45) is 0 Å². The standard InChI is InChI=1S/C22H22ClN5O/c1-14(2)18-9-8-17(12-24-18)27-22(29)19-20(15-4-6-16(23)7-5-15)25-13-26-21(19)28-10-3-11-28/h4-9,12-14H,3,10-11H2,1-2H3,(H,27,29). The van der Waals surface area contributed by atoms with Gasteiger partial charge < -0.3 is 10.2 Å². The molecule has 29 heavy (non-hydrogen) atoms. The predicted octanol–water partition coefficient (Wildman–Crippen LogP) is 4.78. The van der Waals surface area contributed by atoms with E-state index in [-0.39, 0.29) is 5.91 Å². The van der Waals surface area contributed by atoms with E-state index in [1.165, 1.54) is 6.33 Å². The van der Waals surface area contributed by atoms with Gasteiger partial charge in [0.15, 0.2) is 0 Å². The van der Waals surface area contributed by atoms with Gasteiger partial charge in [0.2, 0.25) is 0 Å². The Balaban J connectivity index is 1.71. The number of nitrogens with zero attached hydrogens (tertiary/aromatic N) is 4. The van der Waals surface area contributed by atoms with E-state index in [1.807, 2.05) is 24.3 Å². The summed E-state index contributed by atoms with van der Waals surface area (Å²) in [5, 5.41) is 3.59. The van der Waals surface area contributed by atoms with Crippen molar-refractivity contribution in [1.82, 2.24) is 15.0 Å². The molecule has 3 heterocycles. The van der Waals surface area contributed by atoms with Gasteiger partial charge in [-0.1, -0.05) is 37.6 Å². The van der Waals surface area contributed by atoms with E-state index in [2.05, 4.69) is 39.0 Å². The topological polar surface area (TPSA) is 71.0 Å². The number of hydrogen-bond acceptors (Lipinski definition) is 5. The van der Waals surface area contributed by atoms with Crippen LogP contribution in [0.1, 0.15) is 42.2 Å². The average Bonchev–Trinajstić information content (AvgIpc) is 2.67. The van der Waals surface area contributed by atoms with E-state index in [9.17, 15) is 4.79 Å². The van der Waals surface area contributed by atoms with Gasteiger partial charge >= 0.3 is 0 Å². The number of hydrogen-bond donors (Lipinski definition) is 1. The van der Waals surface area contributed by atoms with Gasteiger partial charge in [-0.15, -0.1) is 0 Å². The number of benzene rings is 1. The quantitative estimate of drug-likeness (QED) is 0.659. The number of rotatable bonds is 5. The molecule has 1 aliphatic rings. The first-order valence-electron chi connectivity index (χ1n) is 9.66. The minimum absolute atomic E-state index is 0.253. The molecule has 1 aliphatic heterocycles. The second kappa shape index (κ2) is 8.17. The van der Waals surface area contributed by atoms with Crippen LogP contribution in [0.15, 0.2) is 48.9 Å². The number of carbonyl (C=O) groups is 1. The monoisotopic (exact) mass is 407 g/mol. The summed E-state index contributed by atoms with van der Waals surface area (Å²) >= 11 is 6.03. The van der Waals surface area contributed by atoms with Crippen molar-refractivity contribution in [3.8, 4) is 11.3 Å². The maximum absolute atomic E-state index is 13.3. The third-order valence-electron chi connectivity index (χ3n) is 4.96. The fraction of sp³-hybridized carbons (Fsp3) is 0.273. The fourth-order valence-corrected chi connectivity index (χ4v) is 3.32. The first-order chi connectivity index (χ1) is 14.0. The summed E-state index contributed by atoms with van der Waals surface area (Å²) in [6.45, 7) is 5.92. The minimum Gasteiger partial charge on any atom is -0.356 e. The van der Waals surface area contributed by atoms with E-state index < -0.39 is 0 Å². The number of nitrogens with one attached hydrogen (secondary N) is 1. The molecule has 148 valence electrons. The Kier molecular flexibility index (Phi) is 5.45. The van der Waals surface area contributed by atoms with Crippen LogP contribution >= 0.6 is 11.6 Å². The zero-order chi connectivity index (χ0) is 20.4. The minimum atomic E-state index is -0.253. The summed E-state index contributed by atoms with van der Waals surface area (Å²) < 4.78 is 0. The second-order valence-electron chi connectivity index (χ2n) is 7.35. The Morgan fingerprint density at radius 3 is 2.41 bits per heavy atom.